The third kappa shape index (κ3) is 4.90. The van der Waals surface area contributed by atoms with Crippen molar-refractivity contribution < 1.29 is 45.7 Å². The Kier molecular flexibility index (Phi) is 6.85. The van der Waals surface area contributed by atoms with Crippen molar-refractivity contribution in [2.24, 2.45) is 0 Å². The zero-order valence-electron chi connectivity index (χ0n) is 8.65. The Morgan fingerprint density at radius 1 is 1.46 bits per heavy atom. The number of carboxylic acids is 1. The Morgan fingerprint density at radius 2 is 2.15 bits per heavy atom. The van der Waals surface area contributed by atoms with Crippen molar-refractivity contribution in [2.45, 2.75) is 12.8 Å². The number of hydrogen-bond donors (Lipinski definition) is 1. The fraction of sp³-hybridized carbons (Fsp3) is 0.714. The van der Waals surface area contributed by atoms with Gasteiger partial charge < -0.3 is 11.4 Å². The second-order valence-corrected chi connectivity index (χ2v) is 3.66. The first-order chi connectivity index (χ1) is 5.70. The van der Waals surface area contributed by atoms with E-state index in [0.717, 1.165) is 18.2 Å². The van der Waals surface area contributed by atoms with Crippen LogP contribution < -0.4 is 29.6 Å². The number of rotatable bonds is 3. The van der Waals surface area contributed by atoms with E-state index >= 15 is 0 Å². The summed E-state index contributed by atoms with van der Waals surface area (Å²) in [5.41, 5.74) is 0. The molecule has 1 aliphatic rings. The Hall–Kier alpha value is 0.290. The first-order valence-electron chi connectivity index (χ1n) is 3.77. The van der Waals surface area contributed by atoms with Gasteiger partial charge in [0.2, 0.25) is 5.91 Å². The molecule has 0 spiro atoms. The molecule has 1 heterocycles. The second kappa shape index (κ2) is 6.70. The maximum absolute atomic E-state index is 11.2. The predicted octanol–water partition coefficient (Wildman–Crippen LogP) is -2.50. The summed E-state index contributed by atoms with van der Waals surface area (Å²) in [6.45, 7) is 0.767. The minimum absolute atomic E-state index is 0. The van der Waals surface area contributed by atoms with E-state index < -0.39 is 5.97 Å². The molecule has 13 heavy (non-hydrogen) atoms. The summed E-state index contributed by atoms with van der Waals surface area (Å²) in [7, 11) is 0. The van der Waals surface area contributed by atoms with Crippen LogP contribution in [0.15, 0.2) is 0 Å². The minimum Gasteiger partial charge on any atom is -1.00 e. The smallest absolute Gasteiger partial charge is 1.00 e. The zero-order valence-corrected chi connectivity index (χ0v) is 10.5. The van der Waals surface area contributed by atoms with Crippen molar-refractivity contribution >= 4 is 23.6 Å². The Morgan fingerprint density at radius 3 is 2.62 bits per heavy atom. The van der Waals surface area contributed by atoms with Crippen LogP contribution in [0.5, 0.6) is 0 Å². The number of thioether (sulfide) groups is 1. The molecule has 0 aromatic carbocycles. The Labute approximate surface area is 105 Å². The van der Waals surface area contributed by atoms with Crippen LogP contribution in [0.2, 0.25) is 0 Å². The van der Waals surface area contributed by atoms with Gasteiger partial charge in [0.25, 0.3) is 0 Å². The summed E-state index contributed by atoms with van der Waals surface area (Å²) in [5.74, 6) is 0.745. The topological polar surface area (TPSA) is 57.6 Å². The number of hydrogen-bond acceptors (Lipinski definition) is 3. The number of aliphatic carboxylic acids is 1. The van der Waals surface area contributed by atoms with Gasteiger partial charge in [-0.2, -0.15) is 0 Å². The van der Waals surface area contributed by atoms with E-state index in [1.807, 2.05) is 0 Å². The molecule has 6 heteroatoms. The molecule has 0 saturated carbocycles. The maximum Gasteiger partial charge on any atom is 1.00 e. The molecule has 1 fully saturated rings. The molecule has 0 bridgehead atoms. The van der Waals surface area contributed by atoms with Gasteiger partial charge in [-0.15, -0.1) is 11.8 Å². The summed E-state index contributed by atoms with van der Waals surface area (Å²) in [5, 5.41) is 8.33. The molecule has 0 radical (unpaired) electrons. The molecule has 1 rings (SSSR count). The molecular formula is C7H12NNaO3S. The van der Waals surface area contributed by atoms with Gasteiger partial charge in [-0.25, -0.2) is 0 Å². The van der Waals surface area contributed by atoms with Gasteiger partial charge in [-0.1, -0.05) is 0 Å². The standard InChI is InChI=1S/C7H11NO3S.Na.H/c9-6(1-2-7(10)11)8-3-4-12-5-8;;/h1-5H2,(H,10,11);;/q;+1;-1. The molecule has 0 aliphatic carbocycles. The molecule has 0 aromatic heterocycles. The molecule has 1 amide bonds. The molecular weight excluding hydrogens is 201 g/mol. The van der Waals surface area contributed by atoms with Crippen LogP contribution in [0.4, 0.5) is 0 Å². The van der Waals surface area contributed by atoms with Gasteiger partial charge in [-0.05, 0) is 0 Å². The number of carbonyl (C=O) groups excluding carboxylic acids is 1. The van der Waals surface area contributed by atoms with Crippen LogP contribution in [0.3, 0.4) is 0 Å². The zero-order chi connectivity index (χ0) is 8.97. The average molecular weight is 213 g/mol. The summed E-state index contributed by atoms with van der Waals surface area (Å²) in [6.07, 6.45) is 0.0793. The van der Waals surface area contributed by atoms with Crippen molar-refractivity contribution in [3.63, 3.8) is 0 Å². The molecule has 1 aliphatic heterocycles. The second-order valence-electron chi connectivity index (χ2n) is 2.59. The van der Waals surface area contributed by atoms with Crippen LogP contribution >= 0.6 is 11.8 Å². The predicted molar refractivity (Wildman–Crippen MR) is 47.0 cm³/mol. The van der Waals surface area contributed by atoms with Crippen molar-refractivity contribution in [3.8, 4) is 0 Å². The first kappa shape index (κ1) is 13.3. The van der Waals surface area contributed by atoms with E-state index in [0.29, 0.717) is 0 Å². The van der Waals surface area contributed by atoms with E-state index in [4.69, 9.17) is 5.11 Å². The molecule has 4 nitrogen and oxygen atoms in total. The monoisotopic (exact) mass is 213 g/mol. The average Bonchev–Trinajstić information content (AvgIpc) is 2.51. The molecule has 0 unspecified atom stereocenters. The summed E-state index contributed by atoms with van der Waals surface area (Å²) >= 11 is 1.70. The van der Waals surface area contributed by atoms with Gasteiger partial charge in [0.05, 0.1) is 12.3 Å². The van der Waals surface area contributed by atoms with E-state index in [1.165, 1.54) is 0 Å². The summed E-state index contributed by atoms with van der Waals surface area (Å²) < 4.78 is 0. The van der Waals surface area contributed by atoms with Crippen LogP contribution in [0, 0.1) is 0 Å². The Balaban J connectivity index is 0. The van der Waals surface area contributed by atoms with Crippen molar-refractivity contribution in [1.29, 1.82) is 0 Å². The van der Waals surface area contributed by atoms with Crippen molar-refractivity contribution in [3.05, 3.63) is 0 Å². The minimum atomic E-state index is -0.907. The van der Waals surface area contributed by atoms with Gasteiger partial charge in [0, 0.05) is 18.7 Å². The maximum atomic E-state index is 11.2. The largest absolute Gasteiger partial charge is 1.00 e. The van der Waals surface area contributed by atoms with E-state index in [-0.39, 0.29) is 49.7 Å². The number of nitrogens with zero attached hydrogens (tertiary/aromatic N) is 1. The number of amides is 1. The van der Waals surface area contributed by atoms with Gasteiger partial charge in [0.15, 0.2) is 0 Å². The first-order valence-corrected chi connectivity index (χ1v) is 4.93. The third-order valence-electron chi connectivity index (χ3n) is 1.66. The molecule has 1 saturated heterocycles. The summed E-state index contributed by atoms with van der Waals surface area (Å²) in [4.78, 5) is 23.0. The fourth-order valence-corrected chi connectivity index (χ4v) is 1.95. The Bertz CT molecular complexity index is 199. The number of carbonyl (C=O) groups is 2. The molecule has 70 valence electrons. The molecule has 1 N–H and O–H groups in total. The third-order valence-corrected chi connectivity index (χ3v) is 2.62. The molecule has 0 atom stereocenters. The summed E-state index contributed by atoms with van der Waals surface area (Å²) in [6, 6.07) is 0. The van der Waals surface area contributed by atoms with E-state index in [2.05, 4.69) is 0 Å². The van der Waals surface area contributed by atoms with E-state index in [1.54, 1.807) is 16.7 Å². The number of carboxylic acid groups (broad SMARTS) is 1. The van der Waals surface area contributed by atoms with Crippen LogP contribution in [0.25, 0.3) is 0 Å². The normalized spacial score (nSPS) is 15.2. The SMILES string of the molecule is O=C(O)CCC(=O)N1CCSC1.[H-].[Na+]. The van der Waals surface area contributed by atoms with Gasteiger partial charge in [0.1, 0.15) is 0 Å². The van der Waals surface area contributed by atoms with Gasteiger partial charge >= 0.3 is 35.5 Å². The van der Waals surface area contributed by atoms with Crippen LogP contribution in [-0.4, -0.2) is 40.1 Å². The van der Waals surface area contributed by atoms with Crippen LogP contribution in [0.1, 0.15) is 14.3 Å². The molecule has 0 aromatic rings. The van der Waals surface area contributed by atoms with Crippen molar-refractivity contribution in [2.75, 3.05) is 18.2 Å². The van der Waals surface area contributed by atoms with E-state index in [9.17, 15) is 9.59 Å². The quantitative estimate of drug-likeness (QED) is 0.527. The van der Waals surface area contributed by atoms with Crippen molar-refractivity contribution in [1.82, 2.24) is 4.90 Å². The van der Waals surface area contributed by atoms with Gasteiger partial charge in [-0.3, -0.25) is 9.59 Å². The van der Waals surface area contributed by atoms with Crippen LogP contribution in [-0.2, 0) is 9.59 Å². The fourth-order valence-electron chi connectivity index (χ4n) is 0.983.